The Kier molecular flexibility index (Phi) is 2.70. The van der Waals surface area contributed by atoms with E-state index in [2.05, 4.69) is 10.2 Å². The van der Waals surface area contributed by atoms with E-state index >= 15 is 0 Å². The highest BCUT2D eigenvalue weighted by Gasteiger charge is 2.08. The van der Waals surface area contributed by atoms with Crippen LogP contribution in [0.15, 0.2) is 24.5 Å². The van der Waals surface area contributed by atoms with Gasteiger partial charge in [0, 0.05) is 5.02 Å². The highest BCUT2D eigenvalue weighted by atomic mass is 35.5. The molecule has 0 aliphatic heterocycles. The van der Waals surface area contributed by atoms with Gasteiger partial charge in [0.2, 0.25) is 0 Å². The number of hydrogen-bond acceptors (Lipinski definition) is 3. The van der Waals surface area contributed by atoms with Gasteiger partial charge < -0.3 is 5.11 Å². The zero-order chi connectivity index (χ0) is 10.8. The maximum atomic E-state index is 9.07. The topological polar surface area (TPSA) is 50.9 Å². The second kappa shape index (κ2) is 4.00. The molecule has 78 valence electrons. The third-order valence-electron chi connectivity index (χ3n) is 2.26. The predicted octanol–water partition coefficient (Wildman–Crippen LogP) is 1.72. The van der Waals surface area contributed by atoms with Crippen molar-refractivity contribution in [2.45, 2.75) is 13.5 Å². The lowest BCUT2D eigenvalue weighted by atomic mass is 10.2. The van der Waals surface area contributed by atoms with Gasteiger partial charge in [0.1, 0.15) is 12.9 Å². The van der Waals surface area contributed by atoms with Gasteiger partial charge in [0.05, 0.1) is 5.69 Å². The number of aliphatic hydroxyl groups excluding tert-OH is 1. The predicted molar refractivity (Wildman–Crippen MR) is 57.0 cm³/mol. The number of halogens is 1. The maximum absolute atomic E-state index is 9.07. The Morgan fingerprint density at radius 1 is 1.47 bits per heavy atom. The van der Waals surface area contributed by atoms with Crippen molar-refractivity contribution < 1.29 is 5.11 Å². The molecule has 0 aliphatic rings. The number of benzene rings is 1. The van der Waals surface area contributed by atoms with E-state index in [1.54, 1.807) is 10.9 Å². The monoisotopic (exact) mass is 223 g/mol. The van der Waals surface area contributed by atoms with E-state index in [1.807, 2.05) is 25.1 Å². The lowest BCUT2D eigenvalue weighted by Gasteiger charge is -2.09. The van der Waals surface area contributed by atoms with E-state index in [0.29, 0.717) is 10.8 Å². The van der Waals surface area contributed by atoms with Gasteiger partial charge in [-0.05, 0) is 24.6 Å². The summed E-state index contributed by atoms with van der Waals surface area (Å²) in [6.07, 6.45) is 1.56. The summed E-state index contributed by atoms with van der Waals surface area (Å²) in [5, 5.41) is 17.3. The summed E-state index contributed by atoms with van der Waals surface area (Å²) in [7, 11) is 0. The third-order valence-corrected chi connectivity index (χ3v) is 2.67. The molecule has 1 aromatic carbocycles. The van der Waals surface area contributed by atoms with Crippen LogP contribution in [0.2, 0.25) is 5.02 Å². The zero-order valence-electron chi connectivity index (χ0n) is 8.18. The number of rotatable bonds is 2. The molecule has 0 bridgehead atoms. The Morgan fingerprint density at radius 2 is 2.27 bits per heavy atom. The fraction of sp³-hybridized carbons (Fsp3) is 0.200. The van der Waals surface area contributed by atoms with E-state index in [0.717, 1.165) is 11.3 Å². The number of aliphatic hydroxyl groups is 1. The fourth-order valence-corrected chi connectivity index (χ4v) is 1.59. The van der Waals surface area contributed by atoms with Crippen LogP contribution in [0.1, 0.15) is 11.4 Å². The summed E-state index contributed by atoms with van der Waals surface area (Å²) in [5.74, 6) is 0.500. The summed E-state index contributed by atoms with van der Waals surface area (Å²) in [6, 6.07) is 5.58. The zero-order valence-corrected chi connectivity index (χ0v) is 8.94. The van der Waals surface area contributed by atoms with Crippen molar-refractivity contribution in [1.29, 1.82) is 0 Å². The lowest BCUT2D eigenvalue weighted by Crippen LogP contribution is -2.02. The minimum Gasteiger partial charge on any atom is -0.388 e. The molecule has 1 N–H and O–H groups in total. The SMILES string of the molecule is Cc1c(Cl)cccc1-n1cnnc1CO. The molecule has 0 atom stereocenters. The van der Waals surface area contributed by atoms with Gasteiger partial charge in [-0.1, -0.05) is 17.7 Å². The summed E-state index contributed by atoms with van der Waals surface area (Å²) in [5.41, 5.74) is 1.82. The molecule has 0 saturated heterocycles. The average Bonchev–Trinajstić information content (AvgIpc) is 2.70. The largest absolute Gasteiger partial charge is 0.388 e. The molecule has 1 aromatic heterocycles. The standard InChI is InChI=1S/C10H10ClN3O/c1-7-8(11)3-2-4-9(7)14-6-12-13-10(14)5-15/h2-4,6,15H,5H2,1H3. The van der Waals surface area contributed by atoms with Crippen molar-refractivity contribution in [3.05, 3.63) is 40.9 Å². The molecule has 0 aliphatic carbocycles. The second-order valence-corrected chi connectivity index (χ2v) is 3.57. The van der Waals surface area contributed by atoms with Crippen LogP contribution < -0.4 is 0 Å². The van der Waals surface area contributed by atoms with Crippen LogP contribution in [0.25, 0.3) is 5.69 Å². The molecule has 2 rings (SSSR count). The second-order valence-electron chi connectivity index (χ2n) is 3.16. The molecule has 1 heterocycles. The first kappa shape index (κ1) is 10.1. The van der Waals surface area contributed by atoms with Crippen LogP contribution in [0, 0.1) is 6.92 Å². The van der Waals surface area contributed by atoms with Gasteiger partial charge in [-0.25, -0.2) is 0 Å². The molecule has 0 amide bonds. The molecular weight excluding hydrogens is 214 g/mol. The van der Waals surface area contributed by atoms with Crippen molar-refractivity contribution in [3.8, 4) is 5.69 Å². The van der Waals surface area contributed by atoms with E-state index < -0.39 is 0 Å². The van der Waals surface area contributed by atoms with E-state index in [1.165, 1.54) is 0 Å². The first-order valence-electron chi connectivity index (χ1n) is 4.49. The minimum atomic E-state index is -0.147. The first-order valence-corrected chi connectivity index (χ1v) is 4.87. The van der Waals surface area contributed by atoms with Gasteiger partial charge in [-0.15, -0.1) is 10.2 Å². The van der Waals surface area contributed by atoms with Gasteiger partial charge >= 0.3 is 0 Å². The Bertz CT molecular complexity index is 481. The van der Waals surface area contributed by atoms with Crippen molar-refractivity contribution in [1.82, 2.24) is 14.8 Å². The summed E-state index contributed by atoms with van der Waals surface area (Å²) < 4.78 is 1.72. The Balaban J connectivity index is 2.59. The summed E-state index contributed by atoms with van der Waals surface area (Å²) >= 11 is 6.01. The van der Waals surface area contributed by atoms with Crippen molar-refractivity contribution in [2.75, 3.05) is 0 Å². The molecule has 0 spiro atoms. The van der Waals surface area contributed by atoms with Crippen LogP contribution in [0.4, 0.5) is 0 Å². The molecule has 15 heavy (non-hydrogen) atoms. The normalized spacial score (nSPS) is 10.6. The van der Waals surface area contributed by atoms with Crippen LogP contribution in [0.5, 0.6) is 0 Å². The minimum absolute atomic E-state index is 0.147. The Morgan fingerprint density at radius 3 is 3.00 bits per heavy atom. The Labute approximate surface area is 92.1 Å². The average molecular weight is 224 g/mol. The molecule has 0 saturated carbocycles. The van der Waals surface area contributed by atoms with E-state index in [4.69, 9.17) is 16.7 Å². The highest BCUT2D eigenvalue weighted by Crippen LogP contribution is 2.22. The van der Waals surface area contributed by atoms with Gasteiger partial charge in [-0.2, -0.15) is 0 Å². The lowest BCUT2D eigenvalue weighted by molar-refractivity contribution is 0.269. The van der Waals surface area contributed by atoms with Gasteiger partial charge in [-0.3, -0.25) is 4.57 Å². The number of nitrogens with zero attached hydrogens (tertiary/aromatic N) is 3. The molecule has 4 nitrogen and oxygen atoms in total. The van der Waals surface area contributed by atoms with Crippen molar-refractivity contribution in [2.24, 2.45) is 0 Å². The van der Waals surface area contributed by atoms with Crippen LogP contribution >= 0.6 is 11.6 Å². The quantitative estimate of drug-likeness (QED) is 0.844. The Hall–Kier alpha value is -1.39. The van der Waals surface area contributed by atoms with Crippen LogP contribution in [-0.2, 0) is 6.61 Å². The molecule has 0 fully saturated rings. The number of aromatic nitrogens is 3. The van der Waals surface area contributed by atoms with Crippen LogP contribution in [-0.4, -0.2) is 19.9 Å². The fourth-order valence-electron chi connectivity index (χ4n) is 1.43. The number of hydrogen-bond donors (Lipinski definition) is 1. The summed E-state index contributed by atoms with van der Waals surface area (Å²) in [4.78, 5) is 0. The van der Waals surface area contributed by atoms with E-state index in [9.17, 15) is 0 Å². The molecular formula is C10H10ClN3O. The molecule has 0 radical (unpaired) electrons. The smallest absolute Gasteiger partial charge is 0.163 e. The van der Waals surface area contributed by atoms with Crippen LogP contribution in [0.3, 0.4) is 0 Å². The van der Waals surface area contributed by atoms with Crippen molar-refractivity contribution >= 4 is 11.6 Å². The summed E-state index contributed by atoms with van der Waals surface area (Å²) in [6.45, 7) is 1.77. The molecule has 5 heteroatoms. The molecule has 2 aromatic rings. The highest BCUT2D eigenvalue weighted by molar-refractivity contribution is 6.31. The maximum Gasteiger partial charge on any atom is 0.163 e. The van der Waals surface area contributed by atoms with Crippen molar-refractivity contribution in [3.63, 3.8) is 0 Å². The first-order chi connectivity index (χ1) is 7.24. The molecule has 0 unspecified atom stereocenters. The third kappa shape index (κ3) is 1.73. The van der Waals surface area contributed by atoms with Gasteiger partial charge in [0.15, 0.2) is 5.82 Å². The van der Waals surface area contributed by atoms with Gasteiger partial charge in [0.25, 0.3) is 0 Å². The van der Waals surface area contributed by atoms with E-state index in [-0.39, 0.29) is 6.61 Å².